The van der Waals surface area contributed by atoms with E-state index in [-0.39, 0.29) is 5.91 Å². The van der Waals surface area contributed by atoms with Gasteiger partial charge in [-0.05, 0) is 45.1 Å². The molecular formula is C25H35FN6O. The summed E-state index contributed by atoms with van der Waals surface area (Å²) in [6.45, 7) is 6.76. The van der Waals surface area contributed by atoms with Crippen LogP contribution >= 0.6 is 0 Å². The zero-order chi connectivity index (χ0) is 23.5. The number of hydrogen-bond acceptors (Lipinski definition) is 4. The molecule has 7 nitrogen and oxygen atoms in total. The molecule has 0 aromatic carbocycles. The maximum Gasteiger partial charge on any atom is 0.219 e. The SMILES string of the molecule is CC(=O)N1CCCC(F)C1.Cc1c[nH]c2ncc(-c3cnn(C)c3C)c(NC3CCCC3)c12. The lowest BCUT2D eigenvalue weighted by Gasteiger charge is -2.27. The van der Waals surface area contributed by atoms with E-state index in [4.69, 9.17) is 0 Å². The molecule has 0 radical (unpaired) electrons. The minimum Gasteiger partial charge on any atom is -0.381 e. The normalized spacial score (nSPS) is 18.9. The fourth-order valence-electron chi connectivity index (χ4n) is 4.86. The summed E-state index contributed by atoms with van der Waals surface area (Å²) in [7, 11) is 1.98. The maximum absolute atomic E-state index is 12.6. The van der Waals surface area contributed by atoms with Crippen molar-refractivity contribution in [1.82, 2.24) is 24.6 Å². The molecule has 33 heavy (non-hydrogen) atoms. The van der Waals surface area contributed by atoms with Crippen LogP contribution in [0.3, 0.4) is 0 Å². The Balaban J connectivity index is 0.000000219. The fraction of sp³-hybridized carbons (Fsp3) is 0.560. The summed E-state index contributed by atoms with van der Waals surface area (Å²) in [5.74, 6) is -0.0117. The molecule has 178 valence electrons. The molecule has 1 aliphatic heterocycles. The number of aromatic nitrogens is 4. The predicted octanol–water partition coefficient (Wildman–Crippen LogP) is 4.90. The second-order valence-electron chi connectivity index (χ2n) is 9.34. The van der Waals surface area contributed by atoms with E-state index in [1.807, 2.05) is 30.3 Å². The van der Waals surface area contributed by atoms with Gasteiger partial charge in [0.25, 0.3) is 0 Å². The summed E-state index contributed by atoms with van der Waals surface area (Å²) in [4.78, 5) is 20.2. The molecule has 2 N–H and O–H groups in total. The van der Waals surface area contributed by atoms with Crippen molar-refractivity contribution in [2.24, 2.45) is 7.05 Å². The molecule has 1 unspecified atom stereocenters. The molecule has 3 aromatic rings. The summed E-state index contributed by atoms with van der Waals surface area (Å²) in [5, 5.41) is 9.43. The van der Waals surface area contributed by atoms with E-state index < -0.39 is 6.17 Å². The summed E-state index contributed by atoms with van der Waals surface area (Å²) >= 11 is 0. The summed E-state index contributed by atoms with van der Waals surface area (Å²) in [6.07, 6.45) is 11.7. The smallest absolute Gasteiger partial charge is 0.219 e. The van der Waals surface area contributed by atoms with Crippen molar-refractivity contribution in [3.8, 4) is 11.1 Å². The van der Waals surface area contributed by atoms with E-state index >= 15 is 0 Å². The van der Waals surface area contributed by atoms with Gasteiger partial charge in [-0.25, -0.2) is 9.37 Å². The van der Waals surface area contributed by atoms with Crippen molar-refractivity contribution in [2.45, 2.75) is 71.5 Å². The number of likely N-dealkylation sites (tertiary alicyclic amines) is 1. The number of fused-ring (bicyclic) bond motifs is 1. The first kappa shape index (κ1) is 23.3. The Labute approximate surface area is 194 Å². The van der Waals surface area contributed by atoms with E-state index in [9.17, 15) is 9.18 Å². The van der Waals surface area contributed by atoms with E-state index in [1.165, 1.54) is 49.2 Å². The highest BCUT2D eigenvalue weighted by Crippen LogP contribution is 2.38. The maximum atomic E-state index is 12.6. The first-order valence-electron chi connectivity index (χ1n) is 12.0. The van der Waals surface area contributed by atoms with Crippen molar-refractivity contribution >= 4 is 22.6 Å². The molecule has 2 aliphatic rings. The van der Waals surface area contributed by atoms with Crippen LogP contribution in [0.4, 0.5) is 10.1 Å². The molecule has 1 amide bonds. The van der Waals surface area contributed by atoms with Gasteiger partial charge in [-0.15, -0.1) is 0 Å². The zero-order valence-electron chi connectivity index (χ0n) is 20.1. The van der Waals surface area contributed by atoms with Crippen molar-refractivity contribution in [2.75, 3.05) is 18.4 Å². The van der Waals surface area contributed by atoms with Crippen LogP contribution in [0.2, 0.25) is 0 Å². The second kappa shape index (κ2) is 9.93. The Kier molecular flexibility index (Phi) is 7.00. The van der Waals surface area contributed by atoms with E-state index in [1.54, 1.807) is 4.90 Å². The molecule has 2 fully saturated rings. The lowest BCUT2D eigenvalue weighted by atomic mass is 10.0. The number of amides is 1. The Morgan fingerprint density at radius 3 is 2.52 bits per heavy atom. The standard InChI is InChI=1S/C18H23N5.C7H12FNO/c1-11-8-19-18-16(11)17(22-13-6-4-5-7-13)15(9-20-18)14-10-21-23(3)12(14)2;1-6(10)9-4-2-3-7(8)5-9/h8-10,13H,4-7H2,1-3H3,(H2,19,20,22);7H,2-5H2,1H3. The average Bonchev–Trinajstić information content (AvgIpc) is 3.52. The highest BCUT2D eigenvalue weighted by Gasteiger charge is 2.22. The van der Waals surface area contributed by atoms with Gasteiger partial charge in [-0.1, -0.05) is 12.8 Å². The van der Waals surface area contributed by atoms with E-state index in [0.29, 0.717) is 19.0 Å². The summed E-state index contributed by atoms with van der Waals surface area (Å²) < 4.78 is 14.5. The first-order valence-corrected chi connectivity index (χ1v) is 12.0. The number of rotatable bonds is 3. The van der Waals surface area contributed by atoms with Gasteiger partial charge < -0.3 is 15.2 Å². The Morgan fingerprint density at radius 1 is 1.15 bits per heavy atom. The minimum absolute atomic E-state index is 0.0117. The number of aromatic amines is 1. The predicted molar refractivity (Wildman–Crippen MR) is 130 cm³/mol. The van der Waals surface area contributed by atoms with Crippen LogP contribution in [0.1, 0.15) is 56.7 Å². The number of alkyl halides is 1. The van der Waals surface area contributed by atoms with Crippen LogP contribution in [0.15, 0.2) is 18.6 Å². The summed E-state index contributed by atoms with van der Waals surface area (Å²) in [6, 6.07) is 0.561. The van der Waals surface area contributed by atoms with Gasteiger partial charge in [0.1, 0.15) is 11.8 Å². The zero-order valence-corrected chi connectivity index (χ0v) is 20.1. The van der Waals surface area contributed by atoms with Crippen molar-refractivity contribution < 1.29 is 9.18 Å². The summed E-state index contributed by atoms with van der Waals surface area (Å²) in [5.41, 5.74) is 6.86. The molecular weight excluding hydrogens is 419 g/mol. The van der Waals surface area contributed by atoms with Gasteiger partial charge in [0.2, 0.25) is 5.91 Å². The largest absolute Gasteiger partial charge is 0.381 e. The average molecular weight is 455 g/mol. The van der Waals surface area contributed by atoms with Crippen molar-refractivity contribution in [3.63, 3.8) is 0 Å². The highest BCUT2D eigenvalue weighted by molar-refractivity contribution is 6.00. The number of carbonyl (C=O) groups is 1. The van der Waals surface area contributed by atoms with Gasteiger partial charge >= 0.3 is 0 Å². The van der Waals surface area contributed by atoms with Gasteiger partial charge in [-0.2, -0.15) is 5.10 Å². The topological polar surface area (TPSA) is 78.8 Å². The van der Waals surface area contributed by atoms with Crippen LogP contribution < -0.4 is 5.32 Å². The number of anilines is 1. The first-order chi connectivity index (χ1) is 15.8. The van der Waals surface area contributed by atoms with Crippen LogP contribution in [0, 0.1) is 13.8 Å². The number of pyridine rings is 1. The Bertz CT molecular complexity index is 1110. The second-order valence-corrected chi connectivity index (χ2v) is 9.34. The Morgan fingerprint density at radius 2 is 1.91 bits per heavy atom. The Hall–Kier alpha value is -2.90. The van der Waals surface area contributed by atoms with Crippen LogP contribution in [-0.4, -0.2) is 55.9 Å². The molecule has 8 heteroatoms. The highest BCUT2D eigenvalue weighted by atomic mass is 19.1. The molecule has 1 saturated heterocycles. The molecule has 4 heterocycles. The fourth-order valence-corrected chi connectivity index (χ4v) is 4.86. The van der Waals surface area contributed by atoms with Crippen LogP contribution in [-0.2, 0) is 11.8 Å². The van der Waals surface area contributed by atoms with Gasteiger partial charge in [0.15, 0.2) is 0 Å². The van der Waals surface area contributed by atoms with Crippen LogP contribution in [0.5, 0.6) is 0 Å². The molecule has 5 rings (SSSR count). The molecule has 1 saturated carbocycles. The number of hydrogen-bond donors (Lipinski definition) is 2. The molecule has 0 bridgehead atoms. The van der Waals surface area contributed by atoms with Gasteiger partial charge in [-0.3, -0.25) is 9.48 Å². The van der Waals surface area contributed by atoms with Gasteiger partial charge in [0.05, 0.1) is 18.4 Å². The lowest BCUT2D eigenvalue weighted by Crippen LogP contribution is -2.39. The minimum atomic E-state index is -0.794. The van der Waals surface area contributed by atoms with Gasteiger partial charge in [0, 0.05) is 61.2 Å². The third kappa shape index (κ3) is 5.04. The molecule has 1 atom stereocenters. The number of aryl methyl sites for hydroxylation is 2. The lowest BCUT2D eigenvalue weighted by molar-refractivity contribution is -0.130. The van der Waals surface area contributed by atoms with E-state index in [2.05, 4.69) is 34.2 Å². The molecule has 1 aliphatic carbocycles. The molecule has 0 spiro atoms. The number of halogens is 1. The third-order valence-corrected chi connectivity index (χ3v) is 6.94. The monoisotopic (exact) mass is 454 g/mol. The number of nitrogens with zero attached hydrogens (tertiary/aromatic N) is 4. The van der Waals surface area contributed by atoms with Crippen LogP contribution in [0.25, 0.3) is 22.2 Å². The number of carbonyl (C=O) groups excluding carboxylic acids is 1. The van der Waals surface area contributed by atoms with E-state index in [0.717, 1.165) is 35.4 Å². The number of nitrogens with one attached hydrogen (secondary N) is 2. The van der Waals surface area contributed by atoms with Crippen molar-refractivity contribution in [3.05, 3.63) is 29.8 Å². The van der Waals surface area contributed by atoms with Crippen molar-refractivity contribution in [1.29, 1.82) is 0 Å². The number of piperidine rings is 1. The third-order valence-electron chi connectivity index (χ3n) is 6.94. The molecule has 3 aromatic heterocycles. The quantitative estimate of drug-likeness (QED) is 0.590. The number of H-pyrrole nitrogens is 1.